The molecule has 1 heterocycles. The molecule has 0 aliphatic heterocycles. The normalized spacial score (nSPS) is 10.6. The van der Waals surface area contributed by atoms with Gasteiger partial charge in [0.05, 0.1) is 4.92 Å². The predicted molar refractivity (Wildman–Crippen MR) is 64.5 cm³/mol. The van der Waals surface area contributed by atoms with Gasteiger partial charge in [0.2, 0.25) is 5.88 Å². The number of aromatic nitrogens is 1. The van der Waals surface area contributed by atoms with Gasteiger partial charge in [-0.15, -0.1) is 0 Å². The van der Waals surface area contributed by atoms with Crippen molar-refractivity contribution in [3.8, 4) is 5.88 Å². The van der Waals surface area contributed by atoms with Gasteiger partial charge in [0, 0.05) is 18.7 Å². The minimum absolute atomic E-state index is 0.142. The van der Waals surface area contributed by atoms with Crippen LogP contribution in [0.3, 0.4) is 0 Å². The second kappa shape index (κ2) is 6.36. The van der Waals surface area contributed by atoms with E-state index in [1.54, 1.807) is 0 Å². The van der Waals surface area contributed by atoms with Gasteiger partial charge in [0.1, 0.15) is 17.8 Å². The zero-order chi connectivity index (χ0) is 12.8. The average Bonchev–Trinajstić information content (AvgIpc) is 2.25. The average molecular weight is 260 g/mol. The Morgan fingerprint density at radius 2 is 2.35 bits per heavy atom. The second-order valence-electron chi connectivity index (χ2n) is 3.69. The summed E-state index contributed by atoms with van der Waals surface area (Å²) in [6.45, 7) is 5.11. The van der Waals surface area contributed by atoms with Crippen LogP contribution in [0.5, 0.6) is 5.88 Å². The van der Waals surface area contributed by atoms with Crippen LogP contribution in [0.15, 0.2) is 12.3 Å². The Labute approximate surface area is 104 Å². The molecule has 0 amide bonds. The van der Waals surface area contributed by atoms with Gasteiger partial charge >= 0.3 is 0 Å². The van der Waals surface area contributed by atoms with Crippen LogP contribution < -0.4 is 10.1 Å². The smallest absolute Gasteiger partial charge is 0.289 e. The van der Waals surface area contributed by atoms with Crippen molar-refractivity contribution >= 4 is 17.3 Å². The van der Waals surface area contributed by atoms with Crippen molar-refractivity contribution in [2.45, 2.75) is 19.9 Å². The molecule has 1 rings (SSSR count). The number of rotatable bonds is 6. The van der Waals surface area contributed by atoms with Gasteiger partial charge in [-0.3, -0.25) is 10.1 Å². The van der Waals surface area contributed by atoms with Crippen LogP contribution >= 0.6 is 11.6 Å². The van der Waals surface area contributed by atoms with Crippen LogP contribution in [0.25, 0.3) is 0 Å². The molecule has 0 spiro atoms. The Balaban J connectivity index is 2.52. The first kappa shape index (κ1) is 13.7. The summed E-state index contributed by atoms with van der Waals surface area (Å²) in [4.78, 5) is 13.7. The number of nitrogens with one attached hydrogen (secondary N) is 1. The molecule has 0 fully saturated rings. The molecule has 0 saturated heterocycles. The van der Waals surface area contributed by atoms with Crippen molar-refractivity contribution in [2.24, 2.45) is 0 Å². The van der Waals surface area contributed by atoms with E-state index in [0.29, 0.717) is 19.2 Å². The quantitative estimate of drug-likeness (QED) is 0.480. The molecule has 1 aromatic rings. The first-order chi connectivity index (χ1) is 8.00. The minimum atomic E-state index is -0.553. The number of pyridine rings is 1. The third-order valence-corrected chi connectivity index (χ3v) is 2.17. The van der Waals surface area contributed by atoms with Crippen LogP contribution in [0, 0.1) is 10.1 Å². The summed E-state index contributed by atoms with van der Waals surface area (Å²) in [6.07, 6.45) is 1.12. The molecule has 0 bridgehead atoms. The van der Waals surface area contributed by atoms with Crippen molar-refractivity contribution in [3.05, 3.63) is 27.4 Å². The Bertz CT molecular complexity index is 398. The number of ether oxygens (including phenoxy) is 1. The van der Waals surface area contributed by atoms with Crippen molar-refractivity contribution < 1.29 is 9.66 Å². The van der Waals surface area contributed by atoms with E-state index in [9.17, 15) is 10.1 Å². The molecule has 94 valence electrons. The second-order valence-corrected chi connectivity index (χ2v) is 4.10. The molecule has 1 aromatic heterocycles. The topological polar surface area (TPSA) is 77.3 Å². The molecule has 0 atom stereocenters. The van der Waals surface area contributed by atoms with Crippen LogP contribution in [0.2, 0.25) is 5.02 Å². The van der Waals surface area contributed by atoms with Gasteiger partial charge in [0.25, 0.3) is 5.69 Å². The molecule has 0 unspecified atom stereocenters. The maximum Gasteiger partial charge on any atom is 0.289 e. The standard InChI is InChI=1S/C10H14ClN3O3/c1-7(2)12-3-4-17-10-9(11)5-8(6-13-10)14(15)16/h5-7,12H,3-4H2,1-2H3. The highest BCUT2D eigenvalue weighted by Crippen LogP contribution is 2.25. The molecular weight excluding hydrogens is 246 g/mol. The zero-order valence-corrected chi connectivity index (χ0v) is 10.4. The van der Waals surface area contributed by atoms with Crippen LogP contribution in [-0.4, -0.2) is 29.1 Å². The molecule has 0 aromatic carbocycles. The van der Waals surface area contributed by atoms with E-state index in [0.717, 1.165) is 6.20 Å². The lowest BCUT2D eigenvalue weighted by molar-refractivity contribution is -0.385. The van der Waals surface area contributed by atoms with E-state index < -0.39 is 4.92 Å². The fourth-order valence-corrected chi connectivity index (χ4v) is 1.33. The van der Waals surface area contributed by atoms with Gasteiger partial charge in [-0.25, -0.2) is 4.98 Å². The third kappa shape index (κ3) is 4.54. The monoisotopic (exact) mass is 259 g/mol. The highest BCUT2D eigenvalue weighted by Gasteiger charge is 2.11. The first-order valence-electron chi connectivity index (χ1n) is 5.17. The summed E-state index contributed by atoms with van der Waals surface area (Å²) in [6, 6.07) is 1.60. The summed E-state index contributed by atoms with van der Waals surface area (Å²) in [5, 5.41) is 13.8. The number of hydrogen-bond acceptors (Lipinski definition) is 5. The summed E-state index contributed by atoms with van der Waals surface area (Å²) in [5.74, 6) is 0.211. The predicted octanol–water partition coefficient (Wildman–Crippen LogP) is 2.02. The molecule has 0 radical (unpaired) electrons. The SMILES string of the molecule is CC(C)NCCOc1ncc([N+](=O)[O-])cc1Cl. The summed E-state index contributed by atoms with van der Waals surface area (Å²) in [5.41, 5.74) is -0.150. The molecule has 0 saturated carbocycles. The Morgan fingerprint density at radius 3 is 2.88 bits per heavy atom. The highest BCUT2D eigenvalue weighted by molar-refractivity contribution is 6.32. The van der Waals surface area contributed by atoms with Crippen LogP contribution in [0.1, 0.15) is 13.8 Å². The van der Waals surface area contributed by atoms with Gasteiger partial charge in [0.15, 0.2) is 0 Å². The molecule has 0 aliphatic carbocycles. The maximum atomic E-state index is 10.5. The fourth-order valence-electron chi connectivity index (χ4n) is 1.12. The van der Waals surface area contributed by atoms with E-state index in [1.165, 1.54) is 6.07 Å². The minimum Gasteiger partial charge on any atom is -0.475 e. The first-order valence-corrected chi connectivity index (χ1v) is 5.54. The largest absolute Gasteiger partial charge is 0.475 e. The summed E-state index contributed by atoms with van der Waals surface area (Å²) < 4.78 is 5.29. The Kier molecular flexibility index (Phi) is 5.11. The summed E-state index contributed by atoms with van der Waals surface area (Å²) in [7, 11) is 0. The van der Waals surface area contributed by atoms with Gasteiger partial charge in [-0.05, 0) is 0 Å². The molecule has 17 heavy (non-hydrogen) atoms. The van der Waals surface area contributed by atoms with Crippen molar-refractivity contribution in [3.63, 3.8) is 0 Å². The van der Waals surface area contributed by atoms with Crippen LogP contribution in [0.4, 0.5) is 5.69 Å². The van der Waals surface area contributed by atoms with E-state index in [1.807, 2.05) is 13.8 Å². The lowest BCUT2D eigenvalue weighted by atomic mass is 10.4. The molecule has 1 N–H and O–H groups in total. The maximum absolute atomic E-state index is 10.5. The van der Waals surface area contributed by atoms with E-state index in [-0.39, 0.29) is 16.6 Å². The highest BCUT2D eigenvalue weighted by atomic mass is 35.5. The van der Waals surface area contributed by atoms with Crippen molar-refractivity contribution in [1.29, 1.82) is 0 Å². The fraction of sp³-hybridized carbons (Fsp3) is 0.500. The summed E-state index contributed by atoms with van der Waals surface area (Å²) >= 11 is 5.80. The lowest BCUT2D eigenvalue weighted by Crippen LogP contribution is -2.27. The Morgan fingerprint density at radius 1 is 1.65 bits per heavy atom. The van der Waals surface area contributed by atoms with Crippen molar-refractivity contribution in [1.82, 2.24) is 10.3 Å². The van der Waals surface area contributed by atoms with Crippen molar-refractivity contribution in [2.75, 3.05) is 13.2 Å². The van der Waals surface area contributed by atoms with Gasteiger partial charge < -0.3 is 10.1 Å². The van der Waals surface area contributed by atoms with E-state index in [2.05, 4.69) is 10.3 Å². The van der Waals surface area contributed by atoms with E-state index >= 15 is 0 Å². The molecule has 6 nitrogen and oxygen atoms in total. The molecule has 0 aliphatic rings. The molecular formula is C10H14ClN3O3. The zero-order valence-electron chi connectivity index (χ0n) is 9.64. The Hall–Kier alpha value is -1.40. The number of hydrogen-bond donors (Lipinski definition) is 1. The van der Waals surface area contributed by atoms with Gasteiger partial charge in [-0.2, -0.15) is 0 Å². The number of nitrogens with zero attached hydrogens (tertiary/aromatic N) is 2. The third-order valence-electron chi connectivity index (χ3n) is 1.90. The van der Waals surface area contributed by atoms with Gasteiger partial charge in [-0.1, -0.05) is 25.4 Å². The lowest BCUT2D eigenvalue weighted by Gasteiger charge is -2.09. The van der Waals surface area contributed by atoms with E-state index in [4.69, 9.17) is 16.3 Å². The van der Waals surface area contributed by atoms with Crippen LogP contribution in [-0.2, 0) is 0 Å². The number of halogens is 1. The number of nitro groups is 1. The molecule has 7 heteroatoms.